The number of hydrogen-bond donors (Lipinski definition) is 3. The van der Waals surface area contributed by atoms with Gasteiger partial charge in [0.25, 0.3) is 0 Å². The lowest BCUT2D eigenvalue weighted by Gasteiger charge is -2.39. The van der Waals surface area contributed by atoms with E-state index in [0.717, 1.165) is 43.8 Å². The van der Waals surface area contributed by atoms with Crippen molar-refractivity contribution in [3.05, 3.63) is 94.8 Å². The minimum Gasteiger partial charge on any atom is -0.453 e. The zero-order valence-corrected chi connectivity index (χ0v) is 31.1. The third-order valence-corrected chi connectivity index (χ3v) is 8.36. The SMILES string of the molecule is COC(=O)N[C@H](C(=O)Nc1cncc(F)c1CC[C@@H]1CN(C(=O)OC(C)(C)C)[C@H](COC(=O)NCC(F)(F)F)CO1)[C@@H](c1ccc(F)cc1)c1cc(F)cc(F)c1. The molecule has 1 aromatic heterocycles. The van der Waals surface area contributed by atoms with E-state index < -0.39 is 96.5 Å². The second-order valence-corrected chi connectivity index (χ2v) is 13.8. The van der Waals surface area contributed by atoms with E-state index in [0.29, 0.717) is 6.07 Å². The first-order chi connectivity index (χ1) is 26.7. The molecule has 310 valence electrons. The van der Waals surface area contributed by atoms with Crippen molar-refractivity contribution in [3.8, 4) is 0 Å². The molecule has 1 fully saturated rings. The first-order valence-corrected chi connectivity index (χ1v) is 17.3. The molecule has 0 saturated carbocycles. The molecule has 0 aliphatic carbocycles. The molecule has 2 aromatic carbocycles. The maximum atomic E-state index is 15.4. The summed E-state index contributed by atoms with van der Waals surface area (Å²) in [6, 6.07) is 4.37. The fourth-order valence-corrected chi connectivity index (χ4v) is 5.84. The van der Waals surface area contributed by atoms with E-state index in [1.165, 1.54) is 17.0 Å². The Labute approximate surface area is 322 Å². The van der Waals surface area contributed by atoms with E-state index in [1.54, 1.807) is 26.1 Å². The van der Waals surface area contributed by atoms with Gasteiger partial charge in [-0.3, -0.25) is 14.7 Å². The second kappa shape index (κ2) is 19.0. The van der Waals surface area contributed by atoms with Crippen LogP contribution in [0.25, 0.3) is 0 Å². The molecule has 4 amide bonds. The van der Waals surface area contributed by atoms with Gasteiger partial charge in [0.05, 0.1) is 50.5 Å². The van der Waals surface area contributed by atoms with E-state index in [-0.39, 0.29) is 48.4 Å². The van der Waals surface area contributed by atoms with Gasteiger partial charge in [-0.15, -0.1) is 0 Å². The van der Waals surface area contributed by atoms with Crippen LogP contribution < -0.4 is 16.0 Å². The lowest BCUT2D eigenvalue weighted by Crippen LogP contribution is -2.55. The summed E-state index contributed by atoms with van der Waals surface area (Å²) in [6.07, 6.45) is -6.98. The third-order valence-electron chi connectivity index (χ3n) is 8.36. The molecule has 0 unspecified atom stereocenters. The number of amides is 4. The number of alkyl halides is 3. The van der Waals surface area contributed by atoms with Gasteiger partial charge in [0.1, 0.15) is 48.1 Å². The molecule has 0 radical (unpaired) electrons. The number of anilines is 1. The summed E-state index contributed by atoms with van der Waals surface area (Å²) in [6.45, 7) is 2.18. The Morgan fingerprint density at radius 1 is 0.930 bits per heavy atom. The van der Waals surface area contributed by atoms with E-state index >= 15 is 4.39 Å². The summed E-state index contributed by atoms with van der Waals surface area (Å²) in [5.41, 5.74) is -1.19. The van der Waals surface area contributed by atoms with Crippen LogP contribution in [0, 0.1) is 23.3 Å². The number of halogens is 7. The van der Waals surface area contributed by atoms with Crippen LogP contribution in [-0.4, -0.2) is 97.4 Å². The lowest BCUT2D eigenvalue weighted by atomic mass is 9.84. The number of ether oxygens (including phenoxy) is 4. The summed E-state index contributed by atoms with van der Waals surface area (Å²) >= 11 is 0. The van der Waals surface area contributed by atoms with Gasteiger partial charge in [0, 0.05) is 17.5 Å². The molecular weight excluding hydrogens is 775 g/mol. The number of nitrogens with zero attached hydrogens (tertiary/aromatic N) is 2. The van der Waals surface area contributed by atoms with Crippen LogP contribution in [0.4, 0.5) is 50.8 Å². The molecule has 57 heavy (non-hydrogen) atoms. The summed E-state index contributed by atoms with van der Waals surface area (Å²) in [5.74, 6) is -5.91. The van der Waals surface area contributed by atoms with Crippen molar-refractivity contribution < 1.29 is 68.9 Å². The molecule has 0 spiro atoms. The predicted molar refractivity (Wildman–Crippen MR) is 187 cm³/mol. The number of rotatable bonds is 12. The standard InChI is InChI=1S/C37H40F7N5O8/c1-36(2,3)57-35(53)49-16-26(55-17-25(49)18-56-33(51)46-19-37(42,43)44)9-10-27-28(41)14-45-15-29(27)47-32(50)31(48-34(52)54-4)30(20-5-7-22(38)8-6-20)21-11-23(39)13-24(40)12-21/h5-8,11-15,25-26,30-31H,9-10,16-19H2,1-4H3,(H,46,51)(H,47,50)(H,48,52)/t25-,26+,30-,31-/m0/s1. The molecule has 0 bridgehead atoms. The van der Waals surface area contributed by atoms with Gasteiger partial charge in [-0.2, -0.15) is 13.2 Å². The quantitative estimate of drug-likeness (QED) is 0.140. The van der Waals surface area contributed by atoms with E-state index in [1.807, 2.05) is 0 Å². The topological polar surface area (TPSA) is 157 Å². The summed E-state index contributed by atoms with van der Waals surface area (Å²) in [5, 5.41) is 6.41. The summed E-state index contributed by atoms with van der Waals surface area (Å²) < 4.78 is 117. The second-order valence-electron chi connectivity index (χ2n) is 13.8. The Kier molecular flexibility index (Phi) is 14.7. The van der Waals surface area contributed by atoms with Crippen molar-refractivity contribution in [2.45, 2.75) is 69.5 Å². The van der Waals surface area contributed by atoms with Crippen LogP contribution in [-0.2, 0) is 30.2 Å². The molecule has 1 saturated heterocycles. The molecule has 1 aliphatic rings. The minimum atomic E-state index is -4.68. The fourth-order valence-electron chi connectivity index (χ4n) is 5.84. The van der Waals surface area contributed by atoms with Gasteiger partial charge in [0.2, 0.25) is 5.91 Å². The van der Waals surface area contributed by atoms with Crippen LogP contribution in [0.15, 0.2) is 54.9 Å². The number of carbonyl (C=O) groups is 4. The Morgan fingerprint density at radius 3 is 2.21 bits per heavy atom. The van der Waals surface area contributed by atoms with Crippen LogP contribution in [0.5, 0.6) is 0 Å². The van der Waals surface area contributed by atoms with Gasteiger partial charge in [-0.05, 0) is 69.0 Å². The number of morpholine rings is 1. The average Bonchev–Trinajstić information content (AvgIpc) is 3.12. The smallest absolute Gasteiger partial charge is 0.410 e. The largest absolute Gasteiger partial charge is 0.453 e. The van der Waals surface area contributed by atoms with Crippen molar-refractivity contribution in [2.75, 3.05) is 38.7 Å². The zero-order chi connectivity index (χ0) is 42.1. The number of nitrogens with one attached hydrogen (secondary N) is 3. The van der Waals surface area contributed by atoms with E-state index in [4.69, 9.17) is 18.9 Å². The molecule has 20 heteroatoms. The van der Waals surface area contributed by atoms with Crippen molar-refractivity contribution in [1.82, 2.24) is 20.5 Å². The highest BCUT2D eigenvalue weighted by molar-refractivity contribution is 5.98. The molecule has 4 atom stereocenters. The Balaban J connectivity index is 1.56. The lowest BCUT2D eigenvalue weighted by molar-refractivity contribution is -0.124. The predicted octanol–water partition coefficient (Wildman–Crippen LogP) is 6.36. The highest BCUT2D eigenvalue weighted by atomic mass is 19.4. The third kappa shape index (κ3) is 13.2. The molecule has 1 aliphatic heterocycles. The molecule has 4 rings (SSSR count). The Bertz CT molecular complexity index is 1880. The zero-order valence-electron chi connectivity index (χ0n) is 31.1. The first-order valence-electron chi connectivity index (χ1n) is 17.3. The number of aromatic nitrogens is 1. The number of carbonyl (C=O) groups excluding carboxylic acids is 4. The number of methoxy groups -OCH3 is 1. The van der Waals surface area contributed by atoms with Gasteiger partial charge in [0.15, 0.2) is 0 Å². The Hall–Kier alpha value is -5.66. The highest BCUT2D eigenvalue weighted by Gasteiger charge is 2.37. The van der Waals surface area contributed by atoms with E-state index in [2.05, 4.69) is 15.6 Å². The van der Waals surface area contributed by atoms with Crippen molar-refractivity contribution >= 4 is 29.9 Å². The normalized spacial score (nSPS) is 16.9. The highest BCUT2D eigenvalue weighted by Crippen LogP contribution is 2.32. The van der Waals surface area contributed by atoms with Gasteiger partial charge >= 0.3 is 24.5 Å². The summed E-state index contributed by atoms with van der Waals surface area (Å²) in [7, 11) is 1.01. The monoisotopic (exact) mass is 815 g/mol. The van der Waals surface area contributed by atoms with Crippen LogP contribution in [0.3, 0.4) is 0 Å². The van der Waals surface area contributed by atoms with Gasteiger partial charge in [-0.1, -0.05) is 12.1 Å². The number of alkyl carbamates (subject to hydrolysis) is 2. The van der Waals surface area contributed by atoms with Gasteiger partial charge in [-0.25, -0.2) is 31.9 Å². The molecule has 13 nitrogen and oxygen atoms in total. The van der Waals surface area contributed by atoms with E-state index in [9.17, 15) is 45.5 Å². The van der Waals surface area contributed by atoms with Crippen LogP contribution in [0.1, 0.15) is 49.8 Å². The van der Waals surface area contributed by atoms with Crippen LogP contribution >= 0.6 is 0 Å². The number of hydrogen-bond acceptors (Lipinski definition) is 9. The maximum absolute atomic E-state index is 15.4. The van der Waals surface area contributed by atoms with Crippen LogP contribution in [0.2, 0.25) is 0 Å². The molecule has 3 N–H and O–H groups in total. The number of benzene rings is 2. The minimum absolute atomic E-state index is 0.00730. The maximum Gasteiger partial charge on any atom is 0.410 e. The van der Waals surface area contributed by atoms with Crippen molar-refractivity contribution in [3.63, 3.8) is 0 Å². The average molecular weight is 816 g/mol. The molecule has 3 aromatic rings. The van der Waals surface area contributed by atoms with Crippen molar-refractivity contribution in [1.29, 1.82) is 0 Å². The molecule has 2 heterocycles. The van der Waals surface area contributed by atoms with Crippen molar-refractivity contribution in [2.24, 2.45) is 0 Å². The Morgan fingerprint density at radius 2 is 1.60 bits per heavy atom. The van der Waals surface area contributed by atoms with Gasteiger partial charge < -0.3 is 34.9 Å². The first kappa shape index (κ1) is 44.1. The summed E-state index contributed by atoms with van der Waals surface area (Å²) in [4.78, 5) is 56.6. The number of pyridine rings is 1. The fraction of sp³-hybridized carbons (Fsp3) is 0.432. The molecular formula is C37H40F7N5O8.